The molecular weight excluding hydrogens is 413 g/mol. The Morgan fingerprint density at radius 3 is 2.34 bits per heavy atom. The summed E-state index contributed by atoms with van der Waals surface area (Å²) in [6.07, 6.45) is 0. The number of nitrogens with zero attached hydrogens (tertiary/aromatic N) is 3. The van der Waals surface area contributed by atoms with Crippen molar-refractivity contribution in [3.63, 3.8) is 0 Å². The van der Waals surface area contributed by atoms with Crippen LogP contribution in [0.2, 0.25) is 0 Å². The van der Waals surface area contributed by atoms with Crippen LogP contribution in [0.1, 0.15) is 22.8 Å². The summed E-state index contributed by atoms with van der Waals surface area (Å²) < 4.78 is 23.9. The molecule has 0 aliphatic carbocycles. The summed E-state index contributed by atoms with van der Waals surface area (Å²) in [5.74, 6) is 0.662. The molecule has 3 rings (SSSR count). The van der Waals surface area contributed by atoms with Gasteiger partial charge in [-0.2, -0.15) is 0 Å². The molecule has 0 aromatic heterocycles. The van der Waals surface area contributed by atoms with E-state index in [-0.39, 0.29) is 23.7 Å². The van der Waals surface area contributed by atoms with Crippen molar-refractivity contribution in [1.82, 2.24) is 14.7 Å². The predicted molar refractivity (Wildman–Crippen MR) is 119 cm³/mol. The minimum Gasteiger partial charge on any atom is -0.493 e. The van der Waals surface area contributed by atoms with Crippen molar-refractivity contribution in [3.05, 3.63) is 59.4 Å². The number of amides is 2. The molecule has 1 saturated heterocycles. The number of rotatable bonds is 7. The number of hydrogen-bond donors (Lipinski definition) is 0. The minimum atomic E-state index is -0.327. The Kier molecular flexibility index (Phi) is 7.69. The third-order valence-corrected chi connectivity index (χ3v) is 5.82. The van der Waals surface area contributed by atoms with Gasteiger partial charge in [0, 0.05) is 45.3 Å². The maximum absolute atomic E-state index is 13.4. The van der Waals surface area contributed by atoms with Crippen LogP contribution in [0.3, 0.4) is 0 Å². The Bertz CT molecular complexity index is 960. The van der Waals surface area contributed by atoms with E-state index >= 15 is 0 Å². The lowest BCUT2D eigenvalue weighted by Gasteiger charge is -2.38. The molecule has 7 nitrogen and oxygen atoms in total. The summed E-state index contributed by atoms with van der Waals surface area (Å²) in [4.78, 5) is 31.3. The molecule has 2 aromatic carbocycles. The van der Waals surface area contributed by atoms with Crippen LogP contribution in [0.25, 0.3) is 0 Å². The van der Waals surface area contributed by atoms with Gasteiger partial charge < -0.3 is 19.3 Å². The number of likely N-dealkylation sites (N-methyl/N-ethyl adjacent to an activating group) is 1. The normalized spacial score (nSPS) is 15.2. The van der Waals surface area contributed by atoms with E-state index in [4.69, 9.17) is 9.47 Å². The summed E-state index contributed by atoms with van der Waals surface area (Å²) in [6.45, 7) is 4.46. The molecule has 32 heavy (non-hydrogen) atoms. The Morgan fingerprint density at radius 2 is 1.72 bits per heavy atom. The van der Waals surface area contributed by atoms with Gasteiger partial charge >= 0.3 is 0 Å². The van der Waals surface area contributed by atoms with Gasteiger partial charge in [0.2, 0.25) is 5.91 Å². The van der Waals surface area contributed by atoms with Gasteiger partial charge in [0.05, 0.1) is 20.3 Å². The predicted octanol–water partition coefficient (Wildman–Crippen LogP) is 2.65. The van der Waals surface area contributed by atoms with E-state index in [9.17, 15) is 14.0 Å². The lowest BCUT2D eigenvalue weighted by atomic mass is 10.1. The van der Waals surface area contributed by atoms with Crippen LogP contribution in [-0.2, 0) is 11.3 Å². The molecule has 2 amide bonds. The number of hydrogen-bond acceptors (Lipinski definition) is 5. The Morgan fingerprint density at radius 1 is 1.03 bits per heavy atom. The first-order valence-electron chi connectivity index (χ1n) is 10.6. The van der Waals surface area contributed by atoms with E-state index in [2.05, 4.69) is 4.90 Å². The Labute approximate surface area is 188 Å². The van der Waals surface area contributed by atoms with Gasteiger partial charge in [0.1, 0.15) is 5.82 Å². The van der Waals surface area contributed by atoms with Crippen molar-refractivity contribution < 1.29 is 23.5 Å². The SMILES string of the molecule is COc1ccc(C(=O)N2CCN(C(C)C(=O)N(C)Cc3cccc(F)c3)CC2)cc1OC. The van der Waals surface area contributed by atoms with Crippen LogP contribution in [0.5, 0.6) is 11.5 Å². The van der Waals surface area contributed by atoms with Crippen LogP contribution >= 0.6 is 0 Å². The Balaban J connectivity index is 1.56. The van der Waals surface area contributed by atoms with Gasteiger partial charge in [-0.25, -0.2) is 4.39 Å². The molecule has 172 valence electrons. The molecular formula is C24H30FN3O4. The zero-order valence-electron chi connectivity index (χ0n) is 19.0. The summed E-state index contributed by atoms with van der Waals surface area (Å²) in [7, 11) is 4.81. The van der Waals surface area contributed by atoms with Crippen LogP contribution in [-0.4, -0.2) is 80.0 Å². The molecule has 0 bridgehead atoms. The quantitative estimate of drug-likeness (QED) is 0.659. The molecule has 1 unspecified atom stereocenters. The summed E-state index contributed by atoms with van der Waals surface area (Å²) in [5, 5.41) is 0. The van der Waals surface area contributed by atoms with Gasteiger partial charge in [0.15, 0.2) is 11.5 Å². The van der Waals surface area contributed by atoms with E-state index in [0.29, 0.717) is 49.8 Å². The maximum atomic E-state index is 13.4. The highest BCUT2D eigenvalue weighted by atomic mass is 19.1. The van der Waals surface area contributed by atoms with Gasteiger partial charge in [-0.1, -0.05) is 12.1 Å². The van der Waals surface area contributed by atoms with Gasteiger partial charge in [-0.15, -0.1) is 0 Å². The summed E-state index contributed by atoms with van der Waals surface area (Å²) in [6, 6.07) is 11.1. The van der Waals surface area contributed by atoms with Crippen molar-refractivity contribution in [1.29, 1.82) is 0 Å². The van der Waals surface area contributed by atoms with E-state index in [1.54, 1.807) is 54.3 Å². The van der Waals surface area contributed by atoms with Crippen molar-refractivity contribution in [2.75, 3.05) is 47.4 Å². The van der Waals surface area contributed by atoms with Crippen LogP contribution < -0.4 is 9.47 Å². The average molecular weight is 444 g/mol. The summed E-state index contributed by atoms with van der Waals surface area (Å²) >= 11 is 0. The molecule has 0 spiro atoms. The van der Waals surface area contributed by atoms with Gasteiger partial charge in [-0.05, 0) is 42.8 Å². The fraction of sp³-hybridized carbons (Fsp3) is 0.417. The first-order chi connectivity index (χ1) is 15.3. The minimum absolute atomic E-state index is 0.0334. The molecule has 1 aliphatic rings. The van der Waals surface area contributed by atoms with Crippen LogP contribution in [0, 0.1) is 5.82 Å². The number of carbonyl (C=O) groups is 2. The first kappa shape index (κ1) is 23.5. The second kappa shape index (κ2) is 10.5. The van der Waals surface area contributed by atoms with Crippen molar-refractivity contribution >= 4 is 11.8 Å². The van der Waals surface area contributed by atoms with Crippen molar-refractivity contribution in [2.45, 2.75) is 19.5 Å². The van der Waals surface area contributed by atoms with E-state index in [1.165, 1.54) is 19.2 Å². The molecule has 1 fully saturated rings. The van der Waals surface area contributed by atoms with E-state index in [1.807, 2.05) is 6.92 Å². The molecule has 1 aliphatic heterocycles. The highest BCUT2D eigenvalue weighted by molar-refractivity contribution is 5.95. The number of carbonyl (C=O) groups excluding carboxylic acids is 2. The smallest absolute Gasteiger partial charge is 0.254 e. The highest BCUT2D eigenvalue weighted by Gasteiger charge is 2.29. The van der Waals surface area contributed by atoms with E-state index in [0.717, 1.165) is 5.56 Å². The largest absolute Gasteiger partial charge is 0.493 e. The number of methoxy groups -OCH3 is 2. The third-order valence-electron chi connectivity index (χ3n) is 5.82. The molecule has 8 heteroatoms. The molecule has 0 saturated carbocycles. The molecule has 1 atom stereocenters. The lowest BCUT2D eigenvalue weighted by Crippen LogP contribution is -2.55. The van der Waals surface area contributed by atoms with Crippen LogP contribution in [0.15, 0.2) is 42.5 Å². The van der Waals surface area contributed by atoms with Gasteiger partial charge in [-0.3, -0.25) is 14.5 Å². The molecule has 2 aromatic rings. The fourth-order valence-electron chi connectivity index (χ4n) is 3.93. The maximum Gasteiger partial charge on any atom is 0.254 e. The first-order valence-corrected chi connectivity index (χ1v) is 10.6. The monoisotopic (exact) mass is 443 g/mol. The number of benzene rings is 2. The molecule has 0 N–H and O–H groups in total. The number of piperazine rings is 1. The molecule has 0 radical (unpaired) electrons. The fourth-order valence-corrected chi connectivity index (χ4v) is 3.93. The highest BCUT2D eigenvalue weighted by Crippen LogP contribution is 2.28. The Hall–Kier alpha value is -3.13. The van der Waals surface area contributed by atoms with Crippen molar-refractivity contribution in [2.24, 2.45) is 0 Å². The lowest BCUT2D eigenvalue weighted by molar-refractivity contribution is -0.136. The second-order valence-electron chi connectivity index (χ2n) is 7.90. The second-order valence-corrected chi connectivity index (χ2v) is 7.90. The van der Waals surface area contributed by atoms with Gasteiger partial charge in [0.25, 0.3) is 5.91 Å². The third kappa shape index (κ3) is 5.37. The topological polar surface area (TPSA) is 62.3 Å². The van der Waals surface area contributed by atoms with E-state index < -0.39 is 0 Å². The zero-order chi connectivity index (χ0) is 23.3. The zero-order valence-corrected chi connectivity index (χ0v) is 19.0. The average Bonchev–Trinajstić information content (AvgIpc) is 2.82. The molecule has 1 heterocycles. The summed E-state index contributed by atoms with van der Waals surface area (Å²) in [5.41, 5.74) is 1.29. The van der Waals surface area contributed by atoms with Crippen molar-refractivity contribution in [3.8, 4) is 11.5 Å². The number of ether oxygens (including phenoxy) is 2. The standard InChI is InChI=1S/C24H30FN3O4/c1-17(23(29)26(2)16-18-6-5-7-20(25)14-18)27-10-12-28(13-11-27)24(30)19-8-9-21(31-3)22(15-19)32-4/h5-9,14-15,17H,10-13,16H2,1-4H3. The number of halogens is 1. The van der Waals surface area contributed by atoms with Crippen LogP contribution in [0.4, 0.5) is 4.39 Å².